The Morgan fingerprint density at radius 1 is 1.33 bits per heavy atom. The van der Waals surface area contributed by atoms with Gasteiger partial charge in [0.25, 0.3) is 0 Å². The van der Waals surface area contributed by atoms with Crippen LogP contribution in [0, 0.1) is 17.8 Å². The van der Waals surface area contributed by atoms with Gasteiger partial charge in [-0.2, -0.15) is 0 Å². The zero-order chi connectivity index (χ0) is 6.57. The van der Waals surface area contributed by atoms with Crippen LogP contribution in [-0.2, 0) is 0 Å². The molecule has 0 amide bonds. The first-order chi connectivity index (χ1) is 3.63. The lowest BCUT2D eigenvalue weighted by atomic mass is 10.2. The molecule has 1 unspecified atom stereocenters. The van der Waals surface area contributed by atoms with Crippen molar-refractivity contribution in [3.63, 3.8) is 0 Å². The largest absolute Gasteiger partial charge is 0.368 e. The minimum absolute atomic E-state index is 0. The summed E-state index contributed by atoms with van der Waals surface area (Å²) in [5.41, 5.74) is 4.92. The lowest BCUT2D eigenvalue weighted by Gasteiger charge is -1.90. The van der Waals surface area contributed by atoms with E-state index in [2.05, 4.69) is 11.8 Å². The van der Waals surface area contributed by atoms with Crippen molar-refractivity contribution < 1.29 is 5.11 Å². The van der Waals surface area contributed by atoms with Crippen LogP contribution in [0.4, 0.5) is 0 Å². The van der Waals surface area contributed by atoms with Gasteiger partial charge < -0.3 is 5.11 Å². The van der Waals surface area contributed by atoms with Crippen LogP contribution in [0.5, 0.6) is 0 Å². The van der Waals surface area contributed by atoms with E-state index >= 15 is 0 Å². The Kier molecular flexibility index (Phi) is 7.57. The summed E-state index contributed by atoms with van der Waals surface area (Å²) in [6.45, 7) is 3.88. The summed E-state index contributed by atoms with van der Waals surface area (Å²) in [7, 11) is 0. The third-order valence-corrected chi connectivity index (χ3v) is 0.520. The second kappa shape index (κ2) is 5.90. The minimum Gasteiger partial charge on any atom is -0.368 e. The average Bonchev–Trinajstić information content (AvgIpc) is 1.61. The molecule has 0 aliphatic heterocycles. The molecule has 3 heteroatoms. The van der Waals surface area contributed by atoms with E-state index in [1.165, 1.54) is 0 Å². The molecular weight excluding hydrogens is 138 g/mol. The van der Waals surface area contributed by atoms with Gasteiger partial charge in [0.2, 0.25) is 0 Å². The summed E-state index contributed by atoms with van der Waals surface area (Å²) in [4.78, 5) is 0. The smallest absolute Gasteiger partial charge is 0.165 e. The van der Waals surface area contributed by atoms with Gasteiger partial charge in [-0.1, -0.05) is 25.7 Å². The summed E-state index contributed by atoms with van der Waals surface area (Å²) in [6.07, 6.45) is -0.975. The lowest BCUT2D eigenvalue weighted by molar-refractivity contribution is 0.241. The highest BCUT2D eigenvalue weighted by Crippen LogP contribution is 1.84. The van der Waals surface area contributed by atoms with E-state index in [1.807, 2.05) is 13.8 Å². The van der Waals surface area contributed by atoms with Crippen molar-refractivity contribution in [3.8, 4) is 11.8 Å². The highest BCUT2D eigenvalue weighted by atomic mass is 35.5. The van der Waals surface area contributed by atoms with E-state index in [-0.39, 0.29) is 18.3 Å². The Balaban J connectivity index is 0. The molecule has 0 bridgehead atoms. The molecule has 0 fully saturated rings. The van der Waals surface area contributed by atoms with Gasteiger partial charge in [0.1, 0.15) is 0 Å². The van der Waals surface area contributed by atoms with E-state index in [4.69, 9.17) is 10.8 Å². The molecule has 0 heterocycles. The van der Waals surface area contributed by atoms with E-state index < -0.39 is 6.23 Å². The van der Waals surface area contributed by atoms with Crippen molar-refractivity contribution >= 4 is 12.4 Å². The highest BCUT2D eigenvalue weighted by Gasteiger charge is 1.84. The van der Waals surface area contributed by atoms with Gasteiger partial charge in [0, 0.05) is 5.92 Å². The fourth-order valence-electron chi connectivity index (χ4n) is 0.252. The summed E-state index contributed by atoms with van der Waals surface area (Å²) < 4.78 is 0. The third-order valence-electron chi connectivity index (χ3n) is 0.520. The number of aliphatic hydroxyl groups excluding tert-OH is 1. The monoisotopic (exact) mass is 149 g/mol. The summed E-state index contributed by atoms with van der Waals surface area (Å²) in [6, 6.07) is 0. The zero-order valence-electron chi connectivity index (χ0n) is 5.59. The van der Waals surface area contributed by atoms with Crippen LogP contribution in [-0.4, -0.2) is 11.3 Å². The van der Waals surface area contributed by atoms with Crippen molar-refractivity contribution in [1.29, 1.82) is 0 Å². The Morgan fingerprint density at radius 3 is 1.89 bits per heavy atom. The molecule has 54 valence electrons. The van der Waals surface area contributed by atoms with Crippen molar-refractivity contribution in [2.45, 2.75) is 20.1 Å². The van der Waals surface area contributed by atoms with Gasteiger partial charge in [-0.25, -0.2) is 0 Å². The molecule has 3 N–H and O–H groups in total. The Bertz CT molecular complexity index is 100.0. The SMILES string of the molecule is CC(C)C#CC(N)O.Cl. The maximum Gasteiger partial charge on any atom is 0.165 e. The highest BCUT2D eigenvalue weighted by molar-refractivity contribution is 5.85. The van der Waals surface area contributed by atoms with Crippen LogP contribution in [0.3, 0.4) is 0 Å². The van der Waals surface area contributed by atoms with Crippen molar-refractivity contribution in [3.05, 3.63) is 0 Å². The van der Waals surface area contributed by atoms with E-state index in [0.29, 0.717) is 0 Å². The first kappa shape index (κ1) is 11.6. The quantitative estimate of drug-likeness (QED) is 0.386. The van der Waals surface area contributed by atoms with Gasteiger partial charge in [-0.3, -0.25) is 5.73 Å². The molecule has 0 aliphatic carbocycles. The number of aliphatic hydroxyl groups is 1. The van der Waals surface area contributed by atoms with Crippen LogP contribution in [0.15, 0.2) is 0 Å². The van der Waals surface area contributed by atoms with Crippen molar-refractivity contribution in [2.75, 3.05) is 0 Å². The van der Waals surface area contributed by atoms with Crippen molar-refractivity contribution in [2.24, 2.45) is 11.7 Å². The standard InChI is InChI=1S/C6H11NO.ClH/c1-5(2)3-4-6(7)8;/h5-6,8H,7H2,1-2H3;1H. The lowest BCUT2D eigenvalue weighted by Crippen LogP contribution is -2.15. The molecule has 0 saturated heterocycles. The fraction of sp³-hybridized carbons (Fsp3) is 0.667. The number of hydrogen-bond donors (Lipinski definition) is 2. The molecule has 9 heavy (non-hydrogen) atoms. The second-order valence-corrected chi connectivity index (χ2v) is 1.89. The number of halogens is 1. The normalized spacial score (nSPS) is 11.2. The number of hydrogen-bond acceptors (Lipinski definition) is 2. The zero-order valence-corrected chi connectivity index (χ0v) is 6.40. The van der Waals surface area contributed by atoms with E-state index in [0.717, 1.165) is 0 Å². The van der Waals surface area contributed by atoms with E-state index in [9.17, 15) is 0 Å². The molecule has 0 rings (SSSR count). The second-order valence-electron chi connectivity index (χ2n) is 1.89. The maximum absolute atomic E-state index is 8.41. The Morgan fingerprint density at radius 2 is 1.78 bits per heavy atom. The molecule has 0 aliphatic rings. The molecule has 0 aromatic heterocycles. The topological polar surface area (TPSA) is 46.2 Å². The Hall–Kier alpha value is -0.230. The van der Waals surface area contributed by atoms with Gasteiger partial charge in [0.05, 0.1) is 0 Å². The third kappa shape index (κ3) is 11.4. The first-order valence-electron chi connectivity index (χ1n) is 2.57. The molecule has 0 spiro atoms. The first-order valence-corrected chi connectivity index (χ1v) is 2.57. The predicted octanol–water partition coefficient (Wildman–Crippen LogP) is 0.345. The van der Waals surface area contributed by atoms with Gasteiger partial charge >= 0.3 is 0 Å². The summed E-state index contributed by atoms with van der Waals surface area (Å²) in [5.74, 6) is 5.43. The summed E-state index contributed by atoms with van der Waals surface area (Å²) in [5, 5.41) is 8.41. The molecule has 0 aromatic carbocycles. The maximum atomic E-state index is 8.41. The van der Waals surface area contributed by atoms with Crippen LogP contribution in [0.25, 0.3) is 0 Å². The minimum atomic E-state index is -0.975. The molecule has 1 atom stereocenters. The summed E-state index contributed by atoms with van der Waals surface area (Å²) >= 11 is 0. The van der Waals surface area contributed by atoms with Crippen LogP contribution < -0.4 is 5.73 Å². The van der Waals surface area contributed by atoms with E-state index in [1.54, 1.807) is 0 Å². The average molecular weight is 150 g/mol. The van der Waals surface area contributed by atoms with Crippen LogP contribution in [0.2, 0.25) is 0 Å². The van der Waals surface area contributed by atoms with Gasteiger partial charge in [0.15, 0.2) is 6.23 Å². The molecule has 0 radical (unpaired) electrons. The van der Waals surface area contributed by atoms with Crippen LogP contribution in [0.1, 0.15) is 13.8 Å². The number of nitrogens with two attached hydrogens (primary N) is 1. The molecule has 0 saturated carbocycles. The van der Waals surface area contributed by atoms with Crippen LogP contribution >= 0.6 is 12.4 Å². The predicted molar refractivity (Wildman–Crippen MR) is 40.1 cm³/mol. The van der Waals surface area contributed by atoms with Gasteiger partial charge in [-0.15, -0.1) is 12.4 Å². The molecule has 2 nitrogen and oxygen atoms in total. The van der Waals surface area contributed by atoms with Gasteiger partial charge in [-0.05, 0) is 0 Å². The molecular formula is C6H12ClNO. The van der Waals surface area contributed by atoms with Crippen molar-refractivity contribution in [1.82, 2.24) is 0 Å². The fourth-order valence-corrected chi connectivity index (χ4v) is 0.252. The number of rotatable bonds is 0. The Labute approximate surface area is 61.9 Å². The molecule has 0 aromatic rings.